The van der Waals surface area contributed by atoms with Gasteiger partial charge in [0.05, 0.1) is 26.0 Å². The molecule has 0 radical (unpaired) electrons. The Hall–Kier alpha value is -3.31. The van der Waals surface area contributed by atoms with Gasteiger partial charge in [0.15, 0.2) is 0 Å². The summed E-state index contributed by atoms with van der Waals surface area (Å²) < 4.78 is 17.2. The molecule has 12 heteroatoms. The summed E-state index contributed by atoms with van der Waals surface area (Å²) in [5.74, 6) is -1.34. The maximum atomic E-state index is 13.2. The predicted octanol–water partition coefficient (Wildman–Crippen LogP) is 4.88. The smallest absolute Gasteiger partial charge is 0.258 e. The standard InChI is InChI=1S/C26H25Cl2N5O4S/c1-38(37,33-25(35)17-10-12-29-13-11-17)20-6-2-16(3-7-20)24(34)31-22-8-4-18(27)14-21(22)26(36)32-23-9-5-19(28)15-30-23/h2-9,14-15,17,29H,10-13H2,1H3,(H,31,34)(H,30,32,36). The number of hydrogen-bond acceptors (Lipinski definition) is 6. The van der Waals surface area contributed by atoms with Gasteiger partial charge in [0.2, 0.25) is 0 Å². The largest absolute Gasteiger partial charge is 0.321 e. The third-order valence-electron chi connectivity index (χ3n) is 5.95. The molecule has 1 fully saturated rings. The van der Waals surface area contributed by atoms with Crippen LogP contribution < -0.4 is 16.0 Å². The average molecular weight is 574 g/mol. The number of aromatic nitrogens is 1. The van der Waals surface area contributed by atoms with E-state index in [4.69, 9.17) is 23.2 Å². The molecule has 0 spiro atoms. The van der Waals surface area contributed by atoms with E-state index in [1.165, 1.54) is 48.9 Å². The molecule has 3 N–H and O–H groups in total. The minimum Gasteiger partial charge on any atom is -0.321 e. The van der Waals surface area contributed by atoms with Crippen LogP contribution in [-0.4, -0.2) is 46.3 Å². The minimum atomic E-state index is -2.97. The Morgan fingerprint density at radius 1 is 0.947 bits per heavy atom. The molecule has 0 bridgehead atoms. The zero-order valence-electron chi connectivity index (χ0n) is 20.4. The van der Waals surface area contributed by atoms with Gasteiger partial charge in [0.1, 0.15) is 5.82 Å². The van der Waals surface area contributed by atoms with Crippen molar-refractivity contribution in [1.82, 2.24) is 10.3 Å². The van der Waals surface area contributed by atoms with Gasteiger partial charge >= 0.3 is 0 Å². The lowest BCUT2D eigenvalue weighted by Crippen LogP contribution is -2.31. The fraction of sp³-hybridized carbons (Fsp3) is 0.231. The first-order valence-corrected chi connectivity index (χ1v) is 14.4. The lowest BCUT2D eigenvalue weighted by molar-refractivity contribution is -0.122. The molecule has 1 unspecified atom stereocenters. The van der Waals surface area contributed by atoms with Gasteiger partial charge in [-0.2, -0.15) is 4.36 Å². The van der Waals surface area contributed by atoms with E-state index in [-0.39, 0.29) is 34.5 Å². The van der Waals surface area contributed by atoms with Gasteiger partial charge in [0, 0.05) is 33.9 Å². The number of anilines is 2. The Kier molecular flexibility index (Phi) is 8.78. The third kappa shape index (κ3) is 6.96. The number of amides is 3. The Morgan fingerprint density at radius 2 is 1.63 bits per heavy atom. The zero-order chi connectivity index (χ0) is 27.3. The van der Waals surface area contributed by atoms with Crippen LogP contribution in [0.5, 0.6) is 0 Å². The maximum absolute atomic E-state index is 13.2. The van der Waals surface area contributed by atoms with Crippen molar-refractivity contribution in [3.8, 4) is 0 Å². The molecule has 1 saturated heterocycles. The number of halogens is 2. The number of carbonyl (C=O) groups excluding carboxylic acids is 3. The quantitative estimate of drug-likeness (QED) is 0.385. The van der Waals surface area contributed by atoms with Crippen molar-refractivity contribution >= 4 is 62.2 Å². The summed E-state index contributed by atoms with van der Waals surface area (Å²) in [6.07, 6.45) is 4.14. The molecule has 38 heavy (non-hydrogen) atoms. The SMILES string of the molecule is CS(=O)(=NC(=O)C1CCNCC1)c1ccc(C(=O)Nc2ccc(Cl)cc2C(=O)Nc2ccc(Cl)cn2)cc1. The van der Waals surface area contributed by atoms with Crippen molar-refractivity contribution in [2.45, 2.75) is 17.7 Å². The van der Waals surface area contributed by atoms with Crippen LogP contribution in [0.15, 0.2) is 70.1 Å². The molecular weight excluding hydrogens is 549 g/mol. The second-order valence-corrected chi connectivity index (χ2v) is 11.9. The number of piperidine rings is 1. The molecule has 2 aromatic carbocycles. The first-order valence-electron chi connectivity index (χ1n) is 11.7. The van der Waals surface area contributed by atoms with E-state index in [0.717, 1.165) is 13.1 Å². The molecule has 198 valence electrons. The molecule has 4 rings (SSSR count). The minimum absolute atomic E-state index is 0.131. The van der Waals surface area contributed by atoms with Gasteiger partial charge in [-0.1, -0.05) is 23.2 Å². The zero-order valence-corrected chi connectivity index (χ0v) is 22.7. The van der Waals surface area contributed by atoms with Gasteiger partial charge in [-0.15, -0.1) is 0 Å². The van der Waals surface area contributed by atoms with Crippen LogP contribution in [0.4, 0.5) is 11.5 Å². The first kappa shape index (κ1) is 27.7. The van der Waals surface area contributed by atoms with Crippen LogP contribution in [0.3, 0.4) is 0 Å². The molecule has 0 aliphatic carbocycles. The first-order chi connectivity index (χ1) is 18.1. The predicted molar refractivity (Wildman–Crippen MR) is 148 cm³/mol. The summed E-state index contributed by atoms with van der Waals surface area (Å²) in [6.45, 7) is 1.46. The van der Waals surface area contributed by atoms with Gasteiger partial charge in [-0.25, -0.2) is 9.19 Å². The summed E-state index contributed by atoms with van der Waals surface area (Å²) in [5.41, 5.74) is 0.622. The highest BCUT2D eigenvalue weighted by atomic mass is 35.5. The second kappa shape index (κ2) is 12.0. The van der Waals surface area contributed by atoms with Gasteiger partial charge in [-0.3, -0.25) is 14.4 Å². The Labute approximate surface area is 230 Å². The highest BCUT2D eigenvalue weighted by Crippen LogP contribution is 2.24. The topological polar surface area (TPSA) is 130 Å². The van der Waals surface area contributed by atoms with E-state index in [2.05, 4.69) is 25.3 Å². The van der Waals surface area contributed by atoms with E-state index in [1.54, 1.807) is 18.2 Å². The molecule has 2 heterocycles. The molecule has 1 aliphatic rings. The van der Waals surface area contributed by atoms with Crippen LogP contribution in [0.25, 0.3) is 0 Å². The second-order valence-electron chi connectivity index (χ2n) is 8.74. The van der Waals surface area contributed by atoms with E-state index >= 15 is 0 Å². The number of hydrogen-bond donors (Lipinski definition) is 3. The van der Waals surface area contributed by atoms with Crippen LogP contribution >= 0.6 is 23.2 Å². The monoisotopic (exact) mass is 573 g/mol. The van der Waals surface area contributed by atoms with Crippen LogP contribution in [0, 0.1) is 5.92 Å². The summed E-state index contributed by atoms with van der Waals surface area (Å²) in [6, 6.07) is 13.6. The van der Waals surface area contributed by atoms with Crippen molar-refractivity contribution in [2.75, 3.05) is 30.0 Å². The molecule has 1 aliphatic heterocycles. The maximum Gasteiger partial charge on any atom is 0.258 e. The number of carbonyl (C=O) groups is 3. The Morgan fingerprint density at radius 3 is 2.29 bits per heavy atom. The molecule has 9 nitrogen and oxygen atoms in total. The summed E-state index contributed by atoms with van der Waals surface area (Å²) in [7, 11) is -2.97. The molecule has 3 aromatic rings. The van der Waals surface area contributed by atoms with Crippen molar-refractivity contribution in [2.24, 2.45) is 10.3 Å². The Balaban J connectivity index is 1.49. The van der Waals surface area contributed by atoms with E-state index in [0.29, 0.717) is 27.8 Å². The average Bonchev–Trinajstić information content (AvgIpc) is 2.91. The van der Waals surface area contributed by atoms with Crippen molar-refractivity contribution in [3.63, 3.8) is 0 Å². The van der Waals surface area contributed by atoms with E-state index in [9.17, 15) is 18.6 Å². The number of rotatable bonds is 6. The fourth-order valence-electron chi connectivity index (χ4n) is 3.87. The lowest BCUT2D eigenvalue weighted by Gasteiger charge is -2.19. The van der Waals surface area contributed by atoms with Gasteiger partial charge < -0.3 is 16.0 Å². The van der Waals surface area contributed by atoms with Gasteiger partial charge in [-0.05, 0) is 80.5 Å². The normalized spacial score (nSPS) is 15.2. The van der Waals surface area contributed by atoms with Crippen molar-refractivity contribution < 1.29 is 18.6 Å². The Bertz CT molecular complexity index is 1480. The van der Waals surface area contributed by atoms with E-state index < -0.39 is 21.5 Å². The summed E-state index contributed by atoms with van der Waals surface area (Å²) >= 11 is 11.9. The number of nitrogens with one attached hydrogen (secondary N) is 3. The number of pyridine rings is 1. The summed E-state index contributed by atoms with van der Waals surface area (Å²) in [4.78, 5) is 42.7. The molecular formula is C26H25Cl2N5O4S. The van der Waals surface area contributed by atoms with Crippen LogP contribution in [-0.2, 0) is 14.5 Å². The van der Waals surface area contributed by atoms with Crippen LogP contribution in [0.1, 0.15) is 33.6 Å². The molecule has 3 amide bonds. The van der Waals surface area contributed by atoms with E-state index in [1.807, 2.05) is 0 Å². The third-order valence-corrected chi connectivity index (χ3v) is 8.08. The number of nitrogens with zero attached hydrogens (tertiary/aromatic N) is 2. The molecule has 0 saturated carbocycles. The highest BCUT2D eigenvalue weighted by molar-refractivity contribution is 7.93. The molecule has 1 atom stereocenters. The van der Waals surface area contributed by atoms with Crippen molar-refractivity contribution in [3.05, 3.63) is 82.0 Å². The van der Waals surface area contributed by atoms with Gasteiger partial charge in [0.25, 0.3) is 17.7 Å². The van der Waals surface area contributed by atoms with Crippen molar-refractivity contribution in [1.29, 1.82) is 0 Å². The fourth-order valence-corrected chi connectivity index (χ4v) is 5.39. The summed E-state index contributed by atoms with van der Waals surface area (Å²) in [5, 5.41) is 9.26. The molecule has 1 aromatic heterocycles. The highest BCUT2D eigenvalue weighted by Gasteiger charge is 2.22. The van der Waals surface area contributed by atoms with Crippen LogP contribution in [0.2, 0.25) is 10.0 Å². The number of benzene rings is 2. The lowest BCUT2D eigenvalue weighted by atomic mass is 9.98.